The Bertz CT molecular complexity index is 1110. The van der Waals surface area contributed by atoms with Gasteiger partial charge in [0.05, 0.1) is 39.9 Å². The molecule has 2 atom stereocenters. The summed E-state index contributed by atoms with van der Waals surface area (Å²) in [6, 6.07) is 0. The van der Waals surface area contributed by atoms with Crippen LogP contribution in [0.1, 0.15) is 70.6 Å². The quantitative estimate of drug-likeness (QED) is 0.0644. The van der Waals surface area contributed by atoms with Crippen molar-refractivity contribution in [3.63, 3.8) is 0 Å². The van der Waals surface area contributed by atoms with Gasteiger partial charge in [0.1, 0.15) is 25.9 Å². The van der Waals surface area contributed by atoms with Crippen LogP contribution in [0.4, 0.5) is 0 Å². The zero-order valence-electron chi connectivity index (χ0n) is 31.8. The lowest BCUT2D eigenvalue weighted by molar-refractivity contribution is -0.870. The molecule has 0 heterocycles. The van der Waals surface area contributed by atoms with Gasteiger partial charge in [-0.15, -0.1) is 0 Å². The first-order valence-corrected chi connectivity index (χ1v) is 14.5. The Morgan fingerprint density at radius 2 is 1.31 bits per heavy atom. The van der Waals surface area contributed by atoms with Crippen molar-refractivity contribution < 1.29 is 50.0 Å². The number of phosphoric ester groups is 1. The maximum atomic E-state index is 12.1. The summed E-state index contributed by atoms with van der Waals surface area (Å²) in [7, 11) is -4.97. The fourth-order valence-corrected chi connectivity index (χ4v) is 3.41. The Kier molecular flexibility index (Phi) is 14.4. The van der Waals surface area contributed by atoms with E-state index >= 15 is 0 Å². The molecular weight excluding hydrogens is 517 g/mol. The molecular formula is C30H51NO7P+. The monoisotopic (exact) mass is 577 g/mol. The van der Waals surface area contributed by atoms with Crippen LogP contribution >= 0.6 is 7.82 Å². The number of quaternary nitrogens is 1. The number of rotatable bonds is 23. The third-order valence-electron chi connectivity index (χ3n) is 4.66. The molecule has 0 aliphatic carbocycles. The predicted octanol–water partition coefficient (Wildman–Crippen LogP) is 6.21. The van der Waals surface area contributed by atoms with E-state index in [2.05, 4.69) is 64.6 Å². The number of carbonyl (C=O) groups excluding carboxylic acids is 1. The minimum Gasteiger partial charge on any atom is -0.463 e. The summed E-state index contributed by atoms with van der Waals surface area (Å²) in [4.78, 5) is 21.7. The zero-order chi connectivity index (χ0) is 36.7. The molecule has 2 N–H and O–H groups in total. The van der Waals surface area contributed by atoms with Gasteiger partial charge < -0.3 is 19.2 Å². The molecule has 0 aromatic carbocycles. The van der Waals surface area contributed by atoms with Crippen molar-refractivity contribution in [3.8, 4) is 0 Å². The highest BCUT2D eigenvalue weighted by atomic mass is 31.2. The molecule has 0 spiro atoms. The number of aliphatic hydroxyl groups excluding tert-OH is 1. The van der Waals surface area contributed by atoms with E-state index in [1.165, 1.54) is 0 Å². The number of nitrogens with zero attached hydrogens (tertiary/aromatic N) is 1. The third-order valence-corrected chi connectivity index (χ3v) is 5.64. The average molecular weight is 578 g/mol. The first-order valence-electron chi connectivity index (χ1n) is 17.5. The standard InChI is InChI=1S/C30H50NO7P/c1-5-6-7-8-9-10-11-12-13-14-15-16-17-18-19-20-21-22-23-24-30(33)36-27-29(32)28-38-39(34,35)37-26-25-31(2,3)4/h6-7,9-10,12-13,15-16,18-19,21-22,29,32H,5,8,11,14,17,20,23-28H2,1-4H3/p+1/b7-6-,10-9-,13-12-,16-15-,19-18-,22-21-/t29-/m1/s1/i2D3,3D3,4D3. The van der Waals surface area contributed by atoms with E-state index in [0.717, 1.165) is 32.1 Å². The van der Waals surface area contributed by atoms with E-state index in [0.29, 0.717) is 12.8 Å². The van der Waals surface area contributed by atoms with Crippen LogP contribution in [-0.2, 0) is 23.1 Å². The second-order valence-electron chi connectivity index (χ2n) is 8.42. The SMILES string of the molecule is [2H]C([2H])([2H])[N+](CCOP(=O)(O)OC[C@H](O)COC(=O)CC/C=C\C/C=C\C/C=C\C/C=C\C/C=C\C/C=C\CC)(C([2H])([2H])[2H])C([2H])([2H])[2H]. The van der Waals surface area contributed by atoms with Gasteiger partial charge in [0.25, 0.3) is 0 Å². The second kappa shape index (κ2) is 23.8. The number of allylic oxidation sites excluding steroid dienone is 12. The first-order chi connectivity index (χ1) is 22.3. The smallest absolute Gasteiger partial charge is 0.463 e. The molecule has 39 heavy (non-hydrogen) atoms. The summed E-state index contributed by atoms with van der Waals surface area (Å²) in [5.41, 5.74) is 0. The average Bonchev–Trinajstić information content (AvgIpc) is 2.96. The zero-order valence-corrected chi connectivity index (χ0v) is 23.7. The molecule has 0 amide bonds. The lowest BCUT2D eigenvalue weighted by atomic mass is 10.2. The van der Waals surface area contributed by atoms with Crippen LogP contribution in [0, 0.1) is 0 Å². The normalized spacial score (nSPS) is 19.9. The Labute approximate surface area is 248 Å². The largest absolute Gasteiger partial charge is 0.472 e. The van der Waals surface area contributed by atoms with E-state index in [9.17, 15) is 19.4 Å². The van der Waals surface area contributed by atoms with Gasteiger partial charge in [-0.05, 0) is 44.9 Å². The van der Waals surface area contributed by atoms with Crippen molar-refractivity contribution in [2.45, 2.75) is 64.4 Å². The minimum absolute atomic E-state index is 0.0355. The number of likely N-dealkylation sites (N-methyl/N-ethyl adjacent to an activating group) is 1. The topological polar surface area (TPSA) is 102 Å². The maximum Gasteiger partial charge on any atom is 0.472 e. The van der Waals surface area contributed by atoms with Gasteiger partial charge in [-0.1, -0.05) is 79.8 Å². The van der Waals surface area contributed by atoms with E-state index in [1.807, 2.05) is 24.3 Å². The molecule has 0 aromatic rings. The van der Waals surface area contributed by atoms with E-state index in [-0.39, 0.29) is 6.42 Å². The van der Waals surface area contributed by atoms with Crippen molar-refractivity contribution in [1.29, 1.82) is 0 Å². The van der Waals surface area contributed by atoms with Crippen LogP contribution in [-0.4, -0.2) is 73.8 Å². The number of aliphatic hydroxyl groups is 1. The molecule has 8 nitrogen and oxygen atoms in total. The van der Waals surface area contributed by atoms with Gasteiger partial charge in [-0.2, -0.15) is 0 Å². The van der Waals surface area contributed by atoms with Crippen molar-refractivity contribution in [2.75, 3.05) is 47.3 Å². The van der Waals surface area contributed by atoms with Gasteiger partial charge in [-0.3, -0.25) is 13.8 Å². The Morgan fingerprint density at radius 3 is 1.79 bits per heavy atom. The number of phosphoric acid groups is 1. The molecule has 222 valence electrons. The van der Waals surface area contributed by atoms with E-state index in [1.54, 1.807) is 0 Å². The summed E-state index contributed by atoms with van der Waals surface area (Å²) in [5.74, 6) is -0.620. The molecule has 0 radical (unpaired) electrons. The minimum atomic E-state index is -4.97. The van der Waals surface area contributed by atoms with E-state index in [4.69, 9.17) is 17.1 Å². The van der Waals surface area contributed by atoms with Crippen LogP contribution < -0.4 is 0 Å². The predicted molar refractivity (Wildman–Crippen MR) is 159 cm³/mol. The van der Waals surface area contributed by atoms with Gasteiger partial charge in [0, 0.05) is 6.42 Å². The van der Waals surface area contributed by atoms with Crippen molar-refractivity contribution in [2.24, 2.45) is 0 Å². The van der Waals surface area contributed by atoms with Crippen LogP contribution in [0.2, 0.25) is 0 Å². The van der Waals surface area contributed by atoms with Crippen LogP contribution in [0.3, 0.4) is 0 Å². The van der Waals surface area contributed by atoms with Crippen molar-refractivity contribution in [1.82, 2.24) is 0 Å². The summed E-state index contributed by atoms with van der Waals surface area (Å²) in [6.07, 6.45) is 29.2. The molecule has 1 unspecified atom stereocenters. The van der Waals surface area contributed by atoms with Gasteiger partial charge >= 0.3 is 13.8 Å². The van der Waals surface area contributed by atoms with E-state index < -0.39 is 71.7 Å². The fraction of sp³-hybridized carbons (Fsp3) is 0.567. The molecule has 0 aromatic heterocycles. The lowest BCUT2D eigenvalue weighted by Crippen LogP contribution is -2.37. The maximum absolute atomic E-state index is 12.1. The van der Waals surface area contributed by atoms with Crippen molar-refractivity contribution >= 4 is 13.8 Å². The molecule has 0 aliphatic rings. The summed E-state index contributed by atoms with van der Waals surface area (Å²) in [6.45, 7) is -12.2. The molecule has 0 bridgehead atoms. The number of esters is 1. The molecule has 0 saturated heterocycles. The second-order valence-corrected chi connectivity index (χ2v) is 9.88. The Hall–Kier alpha value is -2.06. The van der Waals surface area contributed by atoms with Gasteiger partial charge in [0.15, 0.2) is 0 Å². The number of hydrogen-bond acceptors (Lipinski definition) is 6. The molecule has 9 heteroatoms. The summed E-state index contributed by atoms with van der Waals surface area (Å²) < 4.78 is 91.5. The highest BCUT2D eigenvalue weighted by Gasteiger charge is 2.24. The summed E-state index contributed by atoms with van der Waals surface area (Å²) in [5, 5.41) is 9.92. The molecule has 0 rings (SSSR count). The molecule has 0 saturated carbocycles. The highest BCUT2D eigenvalue weighted by Crippen LogP contribution is 2.43. The lowest BCUT2D eigenvalue weighted by Gasteiger charge is -2.24. The van der Waals surface area contributed by atoms with Crippen LogP contribution in [0.15, 0.2) is 72.9 Å². The molecule has 0 fully saturated rings. The Morgan fingerprint density at radius 1 is 0.821 bits per heavy atom. The van der Waals surface area contributed by atoms with Gasteiger partial charge in [0.2, 0.25) is 0 Å². The Balaban J connectivity index is 4.28. The third kappa shape index (κ3) is 28.8. The highest BCUT2D eigenvalue weighted by molar-refractivity contribution is 7.47. The number of ether oxygens (including phenoxy) is 1. The van der Waals surface area contributed by atoms with Crippen LogP contribution in [0.5, 0.6) is 0 Å². The number of carbonyl (C=O) groups is 1. The van der Waals surface area contributed by atoms with Gasteiger partial charge in [-0.25, -0.2) is 4.57 Å². The number of hydrogen-bond donors (Lipinski definition) is 2. The fourth-order valence-electron chi connectivity index (χ4n) is 2.66. The van der Waals surface area contributed by atoms with Crippen molar-refractivity contribution in [3.05, 3.63) is 72.9 Å². The summed E-state index contributed by atoms with van der Waals surface area (Å²) >= 11 is 0. The molecule has 0 aliphatic heterocycles. The van der Waals surface area contributed by atoms with Crippen LogP contribution in [0.25, 0.3) is 0 Å². The first kappa shape index (κ1) is 23.6.